The van der Waals surface area contributed by atoms with Gasteiger partial charge in [-0.1, -0.05) is 29.3 Å². The third-order valence-corrected chi connectivity index (χ3v) is 4.66. The molecule has 6 N–H and O–H groups in total. The fraction of sp³-hybridized carbons (Fsp3) is 0.0588. The maximum Gasteiger partial charge on any atom is 0.276 e. The lowest BCUT2D eigenvalue weighted by Crippen LogP contribution is -2.27. The predicted molar refractivity (Wildman–Crippen MR) is 113 cm³/mol. The van der Waals surface area contributed by atoms with Gasteiger partial charge in [0.15, 0.2) is 5.69 Å². The van der Waals surface area contributed by atoms with Crippen molar-refractivity contribution in [2.75, 3.05) is 0 Å². The molecule has 0 aliphatic rings. The molecule has 0 spiro atoms. The Hall–Kier alpha value is -3.54. The van der Waals surface area contributed by atoms with Gasteiger partial charge in [-0.15, -0.1) is 10.2 Å². The summed E-state index contributed by atoms with van der Waals surface area (Å²) in [7, 11) is 0. The largest absolute Gasteiger partial charge is 0.382 e. The standard InChI is InChI=1S/C17H13Cl2N7O4/c18-9-3-1-7(5-10(9)19)15(27)13(24-25-17(20)21)14-16(28)23-12-6-8(26(29)30)2-4-11(12)22-14/h1-6,15,27H,(H,23,28)(H4,20,21,25)/b24-13-. The maximum absolute atomic E-state index is 12.6. The van der Waals surface area contributed by atoms with Gasteiger partial charge in [-0.25, -0.2) is 4.98 Å². The number of hydrogen-bond acceptors (Lipinski definition) is 7. The molecule has 1 atom stereocenters. The summed E-state index contributed by atoms with van der Waals surface area (Å²) in [5, 5.41) is 29.5. The Bertz CT molecular complexity index is 1270. The number of nitro groups is 1. The van der Waals surface area contributed by atoms with E-state index in [9.17, 15) is 20.0 Å². The minimum Gasteiger partial charge on any atom is -0.382 e. The van der Waals surface area contributed by atoms with Crippen LogP contribution in [0.2, 0.25) is 10.0 Å². The summed E-state index contributed by atoms with van der Waals surface area (Å²) in [4.78, 5) is 29.6. The van der Waals surface area contributed by atoms with Crippen LogP contribution in [-0.2, 0) is 0 Å². The Morgan fingerprint density at radius 3 is 2.53 bits per heavy atom. The molecule has 0 aliphatic heterocycles. The average Bonchev–Trinajstić information content (AvgIpc) is 2.69. The fourth-order valence-electron chi connectivity index (χ4n) is 2.55. The van der Waals surface area contributed by atoms with Gasteiger partial charge < -0.3 is 21.6 Å². The van der Waals surface area contributed by atoms with Gasteiger partial charge in [0.2, 0.25) is 5.96 Å². The zero-order valence-electron chi connectivity index (χ0n) is 14.9. The van der Waals surface area contributed by atoms with E-state index in [2.05, 4.69) is 20.2 Å². The first-order chi connectivity index (χ1) is 14.2. The highest BCUT2D eigenvalue weighted by atomic mass is 35.5. The Kier molecular flexibility index (Phi) is 5.96. The number of guanidine groups is 1. The van der Waals surface area contributed by atoms with Crippen LogP contribution in [0.3, 0.4) is 0 Å². The van der Waals surface area contributed by atoms with E-state index in [4.69, 9.17) is 34.7 Å². The maximum atomic E-state index is 12.6. The van der Waals surface area contributed by atoms with E-state index in [-0.39, 0.29) is 43.7 Å². The highest BCUT2D eigenvalue weighted by molar-refractivity contribution is 6.42. The lowest BCUT2D eigenvalue weighted by atomic mass is 10.0. The van der Waals surface area contributed by atoms with Crippen molar-refractivity contribution in [3.63, 3.8) is 0 Å². The predicted octanol–water partition coefficient (Wildman–Crippen LogP) is 1.85. The van der Waals surface area contributed by atoms with E-state index in [0.29, 0.717) is 0 Å². The third kappa shape index (κ3) is 4.38. The van der Waals surface area contributed by atoms with Crippen LogP contribution in [0.5, 0.6) is 0 Å². The summed E-state index contributed by atoms with van der Waals surface area (Å²) in [6.45, 7) is 0. The quantitative estimate of drug-likeness (QED) is 0.198. The summed E-state index contributed by atoms with van der Waals surface area (Å²) in [5.41, 5.74) is 9.64. The summed E-state index contributed by atoms with van der Waals surface area (Å²) in [6.07, 6.45) is -1.49. The van der Waals surface area contributed by atoms with Gasteiger partial charge in [0.1, 0.15) is 11.8 Å². The normalized spacial score (nSPS) is 12.6. The molecule has 0 saturated heterocycles. The molecular weight excluding hydrogens is 437 g/mol. The molecule has 1 unspecified atom stereocenters. The number of nitrogens with zero attached hydrogens (tertiary/aromatic N) is 4. The molecule has 154 valence electrons. The van der Waals surface area contributed by atoms with E-state index < -0.39 is 22.5 Å². The second-order valence-electron chi connectivity index (χ2n) is 5.96. The van der Waals surface area contributed by atoms with Crippen LogP contribution in [0.1, 0.15) is 17.4 Å². The van der Waals surface area contributed by atoms with Crippen molar-refractivity contribution in [1.82, 2.24) is 9.97 Å². The van der Waals surface area contributed by atoms with Gasteiger partial charge in [0.05, 0.1) is 26.0 Å². The lowest BCUT2D eigenvalue weighted by molar-refractivity contribution is -0.384. The van der Waals surface area contributed by atoms with E-state index in [1.54, 1.807) is 0 Å². The van der Waals surface area contributed by atoms with Crippen LogP contribution in [0.4, 0.5) is 5.69 Å². The number of aliphatic hydroxyl groups excluding tert-OH is 1. The van der Waals surface area contributed by atoms with Crippen LogP contribution in [-0.4, -0.2) is 31.7 Å². The van der Waals surface area contributed by atoms with Crippen LogP contribution >= 0.6 is 23.2 Å². The van der Waals surface area contributed by atoms with Crippen LogP contribution < -0.4 is 17.0 Å². The number of benzene rings is 2. The molecule has 0 aliphatic carbocycles. The van der Waals surface area contributed by atoms with Crippen LogP contribution in [0.15, 0.2) is 51.4 Å². The molecule has 30 heavy (non-hydrogen) atoms. The minimum atomic E-state index is -1.49. The van der Waals surface area contributed by atoms with Crippen molar-refractivity contribution in [3.8, 4) is 0 Å². The number of nitrogens with one attached hydrogen (secondary N) is 1. The van der Waals surface area contributed by atoms with E-state index in [0.717, 1.165) is 6.07 Å². The van der Waals surface area contributed by atoms with Crippen molar-refractivity contribution in [2.24, 2.45) is 21.7 Å². The number of non-ortho nitro benzene ring substituents is 1. The van der Waals surface area contributed by atoms with Gasteiger partial charge in [-0.3, -0.25) is 14.9 Å². The fourth-order valence-corrected chi connectivity index (χ4v) is 2.85. The molecule has 0 fully saturated rings. The number of aliphatic hydroxyl groups is 1. The van der Waals surface area contributed by atoms with Gasteiger partial charge in [-0.2, -0.15) is 0 Å². The molecule has 0 amide bonds. The highest BCUT2D eigenvalue weighted by Gasteiger charge is 2.23. The van der Waals surface area contributed by atoms with Crippen LogP contribution in [0.25, 0.3) is 11.0 Å². The van der Waals surface area contributed by atoms with Gasteiger partial charge in [0, 0.05) is 12.1 Å². The van der Waals surface area contributed by atoms with Crippen molar-refractivity contribution >= 4 is 51.6 Å². The molecule has 11 nitrogen and oxygen atoms in total. The van der Waals surface area contributed by atoms with Gasteiger partial charge in [0.25, 0.3) is 11.2 Å². The van der Waals surface area contributed by atoms with E-state index in [1.165, 1.54) is 30.3 Å². The van der Waals surface area contributed by atoms with Gasteiger partial charge in [-0.05, 0) is 23.8 Å². The average molecular weight is 450 g/mol. The number of aromatic amines is 1. The Balaban J connectivity index is 2.18. The molecule has 0 saturated carbocycles. The monoisotopic (exact) mass is 449 g/mol. The number of fused-ring (bicyclic) bond motifs is 1. The molecule has 3 rings (SSSR count). The molecule has 3 aromatic rings. The molecule has 0 bridgehead atoms. The van der Waals surface area contributed by atoms with Crippen molar-refractivity contribution < 1.29 is 10.0 Å². The first-order valence-electron chi connectivity index (χ1n) is 8.15. The lowest BCUT2D eigenvalue weighted by Gasteiger charge is -2.13. The third-order valence-electron chi connectivity index (χ3n) is 3.92. The number of nitro benzene ring substituents is 1. The topological polar surface area (TPSA) is 186 Å². The molecule has 0 radical (unpaired) electrons. The molecule has 2 aromatic carbocycles. The number of halogens is 2. The van der Waals surface area contributed by atoms with Crippen molar-refractivity contribution in [3.05, 3.63) is 78.2 Å². The smallest absolute Gasteiger partial charge is 0.276 e. The number of rotatable bonds is 5. The number of aromatic nitrogens is 2. The van der Waals surface area contributed by atoms with Crippen LogP contribution in [0, 0.1) is 10.1 Å². The Morgan fingerprint density at radius 1 is 1.17 bits per heavy atom. The number of hydrogen-bond donors (Lipinski definition) is 4. The first kappa shape index (κ1) is 21.2. The Morgan fingerprint density at radius 2 is 1.90 bits per heavy atom. The van der Waals surface area contributed by atoms with Crippen molar-refractivity contribution in [2.45, 2.75) is 6.10 Å². The minimum absolute atomic E-state index is 0.128. The SMILES string of the molecule is NC(N)=N/N=C(/c1nc2ccc([N+](=O)[O-])cc2[nH]c1=O)C(O)c1ccc(Cl)c(Cl)c1. The molecular formula is C17H13Cl2N7O4. The highest BCUT2D eigenvalue weighted by Crippen LogP contribution is 2.27. The molecule has 1 heterocycles. The summed E-state index contributed by atoms with van der Waals surface area (Å²) < 4.78 is 0. The zero-order valence-corrected chi connectivity index (χ0v) is 16.4. The number of nitrogens with two attached hydrogens (primary N) is 2. The second-order valence-corrected chi connectivity index (χ2v) is 6.77. The van der Waals surface area contributed by atoms with Crippen molar-refractivity contribution in [1.29, 1.82) is 0 Å². The second kappa shape index (κ2) is 8.45. The summed E-state index contributed by atoms with van der Waals surface area (Å²) >= 11 is 11.9. The summed E-state index contributed by atoms with van der Waals surface area (Å²) in [5.74, 6) is -0.415. The Labute approximate surface area is 177 Å². The zero-order chi connectivity index (χ0) is 22.0. The number of H-pyrrole nitrogens is 1. The first-order valence-corrected chi connectivity index (χ1v) is 8.91. The van der Waals surface area contributed by atoms with E-state index in [1.807, 2.05) is 0 Å². The van der Waals surface area contributed by atoms with E-state index >= 15 is 0 Å². The molecule has 13 heteroatoms. The molecule has 1 aromatic heterocycles. The van der Waals surface area contributed by atoms with Gasteiger partial charge >= 0.3 is 0 Å². The summed E-state index contributed by atoms with van der Waals surface area (Å²) in [6, 6.07) is 8.05.